The Kier molecular flexibility index (Phi) is 4.56. The first-order valence-electron chi connectivity index (χ1n) is 6.15. The van der Waals surface area contributed by atoms with Gasteiger partial charge in [-0.15, -0.1) is 0 Å². The Morgan fingerprint density at radius 3 is 2.39 bits per heavy atom. The lowest BCUT2D eigenvalue weighted by Crippen LogP contribution is -2.53. The molecule has 1 unspecified atom stereocenters. The molecule has 0 bridgehead atoms. The van der Waals surface area contributed by atoms with Crippen molar-refractivity contribution in [1.29, 1.82) is 0 Å². The lowest BCUT2D eigenvalue weighted by atomic mass is 10.1. The summed E-state index contributed by atoms with van der Waals surface area (Å²) in [6, 6.07) is -0.263. The van der Waals surface area contributed by atoms with Crippen LogP contribution in [0.2, 0.25) is 0 Å². The molecule has 0 radical (unpaired) electrons. The SMILES string of the molecule is CC(C)(C)N(CC(=O)O)C(=O)N1CCC(CO)C1. The Labute approximate surface area is 107 Å². The number of hydrogen-bond donors (Lipinski definition) is 2. The summed E-state index contributed by atoms with van der Waals surface area (Å²) in [5, 5.41) is 17.9. The van der Waals surface area contributed by atoms with Crippen molar-refractivity contribution in [2.45, 2.75) is 32.7 Å². The molecule has 0 aliphatic carbocycles. The summed E-state index contributed by atoms with van der Waals surface area (Å²) in [6.07, 6.45) is 0.771. The van der Waals surface area contributed by atoms with Crippen molar-refractivity contribution in [2.75, 3.05) is 26.2 Å². The van der Waals surface area contributed by atoms with Crippen LogP contribution in [0.25, 0.3) is 0 Å². The number of hydrogen-bond acceptors (Lipinski definition) is 3. The molecule has 18 heavy (non-hydrogen) atoms. The van der Waals surface area contributed by atoms with E-state index < -0.39 is 11.5 Å². The molecule has 6 heteroatoms. The van der Waals surface area contributed by atoms with Crippen molar-refractivity contribution < 1.29 is 19.8 Å². The molecule has 2 N–H and O–H groups in total. The minimum atomic E-state index is -1.02. The van der Waals surface area contributed by atoms with Crippen LogP contribution in [0.4, 0.5) is 4.79 Å². The molecule has 104 valence electrons. The van der Waals surface area contributed by atoms with Crippen LogP contribution < -0.4 is 0 Å². The molecule has 1 saturated heterocycles. The van der Waals surface area contributed by atoms with Gasteiger partial charge in [-0.2, -0.15) is 0 Å². The molecule has 1 aliphatic heterocycles. The van der Waals surface area contributed by atoms with E-state index in [-0.39, 0.29) is 25.1 Å². The highest BCUT2D eigenvalue weighted by atomic mass is 16.4. The number of aliphatic carboxylic acids is 1. The van der Waals surface area contributed by atoms with E-state index in [0.29, 0.717) is 13.1 Å². The van der Waals surface area contributed by atoms with E-state index in [4.69, 9.17) is 10.2 Å². The number of rotatable bonds is 3. The molecule has 1 atom stereocenters. The van der Waals surface area contributed by atoms with Crippen LogP contribution in [0.15, 0.2) is 0 Å². The topological polar surface area (TPSA) is 81.1 Å². The zero-order chi connectivity index (χ0) is 13.9. The number of aliphatic hydroxyl groups excluding tert-OH is 1. The molecule has 6 nitrogen and oxygen atoms in total. The number of urea groups is 1. The van der Waals surface area contributed by atoms with Gasteiger partial charge in [0.25, 0.3) is 0 Å². The van der Waals surface area contributed by atoms with Crippen LogP contribution in [0.3, 0.4) is 0 Å². The van der Waals surface area contributed by atoms with E-state index in [1.54, 1.807) is 4.90 Å². The molecular weight excluding hydrogens is 236 g/mol. The van der Waals surface area contributed by atoms with E-state index in [1.807, 2.05) is 20.8 Å². The van der Waals surface area contributed by atoms with Gasteiger partial charge in [0.2, 0.25) is 0 Å². The van der Waals surface area contributed by atoms with Gasteiger partial charge in [0.05, 0.1) is 0 Å². The van der Waals surface area contributed by atoms with Crippen LogP contribution in [0.5, 0.6) is 0 Å². The van der Waals surface area contributed by atoms with Gasteiger partial charge < -0.3 is 20.0 Å². The van der Waals surface area contributed by atoms with Crippen molar-refractivity contribution in [2.24, 2.45) is 5.92 Å². The maximum absolute atomic E-state index is 12.3. The minimum Gasteiger partial charge on any atom is -0.480 e. The summed E-state index contributed by atoms with van der Waals surface area (Å²) in [5.74, 6) is -0.906. The second kappa shape index (κ2) is 5.56. The van der Waals surface area contributed by atoms with Crippen molar-refractivity contribution in [3.63, 3.8) is 0 Å². The fourth-order valence-corrected chi connectivity index (χ4v) is 2.05. The van der Waals surface area contributed by atoms with Gasteiger partial charge in [-0.3, -0.25) is 4.79 Å². The van der Waals surface area contributed by atoms with E-state index in [1.165, 1.54) is 4.90 Å². The largest absolute Gasteiger partial charge is 0.480 e. The zero-order valence-corrected chi connectivity index (χ0v) is 11.2. The maximum Gasteiger partial charge on any atom is 0.323 e. The number of carbonyl (C=O) groups excluding carboxylic acids is 1. The second-order valence-corrected chi connectivity index (χ2v) is 5.72. The van der Waals surface area contributed by atoms with Gasteiger partial charge >= 0.3 is 12.0 Å². The van der Waals surface area contributed by atoms with Crippen molar-refractivity contribution >= 4 is 12.0 Å². The number of aliphatic hydroxyl groups is 1. The molecule has 1 fully saturated rings. The predicted octanol–water partition coefficient (Wildman–Crippen LogP) is 0.606. The molecular formula is C12H22N2O4. The lowest BCUT2D eigenvalue weighted by molar-refractivity contribution is -0.138. The van der Waals surface area contributed by atoms with Crippen molar-refractivity contribution in [3.8, 4) is 0 Å². The zero-order valence-electron chi connectivity index (χ0n) is 11.2. The first-order valence-corrected chi connectivity index (χ1v) is 6.15. The van der Waals surface area contributed by atoms with E-state index in [2.05, 4.69) is 0 Å². The molecule has 0 saturated carbocycles. The second-order valence-electron chi connectivity index (χ2n) is 5.72. The Hall–Kier alpha value is -1.30. The third kappa shape index (κ3) is 3.60. The number of carbonyl (C=O) groups is 2. The Morgan fingerprint density at radius 2 is 2.00 bits per heavy atom. The van der Waals surface area contributed by atoms with Crippen molar-refractivity contribution in [1.82, 2.24) is 9.80 Å². The highest BCUT2D eigenvalue weighted by molar-refractivity contribution is 5.81. The average Bonchev–Trinajstić information content (AvgIpc) is 2.71. The number of amides is 2. The Bertz CT molecular complexity index is 325. The lowest BCUT2D eigenvalue weighted by Gasteiger charge is -2.37. The predicted molar refractivity (Wildman–Crippen MR) is 66.3 cm³/mol. The van der Waals surface area contributed by atoms with Gasteiger partial charge in [-0.05, 0) is 27.2 Å². The van der Waals surface area contributed by atoms with Crippen LogP contribution >= 0.6 is 0 Å². The highest BCUT2D eigenvalue weighted by Gasteiger charge is 2.34. The summed E-state index contributed by atoms with van der Waals surface area (Å²) in [7, 11) is 0. The molecule has 2 amide bonds. The first-order chi connectivity index (χ1) is 8.25. The fourth-order valence-electron chi connectivity index (χ4n) is 2.05. The minimum absolute atomic E-state index is 0.0677. The summed E-state index contributed by atoms with van der Waals surface area (Å²) < 4.78 is 0. The number of carboxylic acids is 1. The Morgan fingerprint density at radius 1 is 1.39 bits per heavy atom. The van der Waals surface area contributed by atoms with Crippen LogP contribution in [-0.4, -0.2) is 63.8 Å². The molecule has 0 aromatic heterocycles. The summed E-state index contributed by atoms with van der Waals surface area (Å²) >= 11 is 0. The molecule has 0 spiro atoms. The summed E-state index contributed by atoms with van der Waals surface area (Å²) in [5.41, 5.74) is -0.535. The summed E-state index contributed by atoms with van der Waals surface area (Å²) in [6.45, 7) is 6.28. The normalized spacial score (nSPS) is 20.0. The monoisotopic (exact) mass is 258 g/mol. The fraction of sp³-hybridized carbons (Fsp3) is 0.833. The molecule has 0 aromatic rings. The van der Waals surface area contributed by atoms with Crippen molar-refractivity contribution in [3.05, 3.63) is 0 Å². The van der Waals surface area contributed by atoms with E-state index in [0.717, 1.165) is 6.42 Å². The standard InChI is InChI=1S/C12H22N2O4/c1-12(2,3)14(7-10(16)17)11(18)13-5-4-9(6-13)8-15/h9,15H,4-8H2,1-3H3,(H,16,17). The highest BCUT2D eigenvalue weighted by Crippen LogP contribution is 2.21. The number of likely N-dealkylation sites (tertiary alicyclic amines) is 1. The van der Waals surface area contributed by atoms with Gasteiger partial charge in [0.15, 0.2) is 0 Å². The first kappa shape index (κ1) is 14.8. The summed E-state index contributed by atoms with van der Waals surface area (Å²) in [4.78, 5) is 26.1. The Balaban J connectivity index is 2.74. The van der Waals surface area contributed by atoms with Crippen LogP contribution in [-0.2, 0) is 4.79 Å². The smallest absolute Gasteiger partial charge is 0.323 e. The van der Waals surface area contributed by atoms with Gasteiger partial charge in [0, 0.05) is 31.2 Å². The molecule has 1 heterocycles. The van der Waals surface area contributed by atoms with E-state index >= 15 is 0 Å². The van der Waals surface area contributed by atoms with Crippen LogP contribution in [0, 0.1) is 5.92 Å². The van der Waals surface area contributed by atoms with Crippen LogP contribution in [0.1, 0.15) is 27.2 Å². The molecule has 1 aliphatic rings. The molecule has 1 rings (SSSR count). The number of nitrogens with zero attached hydrogens (tertiary/aromatic N) is 2. The third-order valence-corrected chi connectivity index (χ3v) is 3.15. The number of carboxylic acid groups (broad SMARTS) is 1. The maximum atomic E-state index is 12.3. The third-order valence-electron chi connectivity index (χ3n) is 3.15. The van der Waals surface area contributed by atoms with Gasteiger partial charge in [0.1, 0.15) is 6.54 Å². The van der Waals surface area contributed by atoms with Gasteiger partial charge in [-0.1, -0.05) is 0 Å². The van der Waals surface area contributed by atoms with E-state index in [9.17, 15) is 9.59 Å². The quantitative estimate of drug-likeness (QED) is 0.777. The van der Waals surface area contributed by atoms with Gasteiger partial charge in [-0.25, -0.2) is 4.79 Å². The molecule has 0 aromatic carbocycles. The average molecular weight is 258 g/mol.